The van der Waals surface area contributed by atoms with Gasteiger partial charge in [0.15, 0.2) is 0 Å². The van der Waals surface area contributed by atoms with Crippen molar-refractivity contribution in [3.8, 4) is 11.5 Å². The van der Waals surface area contributed by atoms with Crippen LogP contribution in [0, 0.1) is 5.92 Å². The Balaban J connectivity index is 1.37. The highest BCUT2D eigenvalue weighted by Gasteiger charge is 2.24. The highest BCUT2D eigenvalue weighted by molar-refractivity contribution is 5.73. The Kier molecular flexibility index (Phi) is 7.00. The minimum absolute atomic E-state index is 0.107. The van der Waals surface area contributed by atoms with Gasteiger partial charge in [0, 0.05) is 26.2 Å². The Hall–Kier alpha value is -2.89. The third-order valence-electron chi connectivity index (χ3n) is 5.12. The standard InChI is InChI=1S/C22H29N3O3/c1-27-19-9-7-17(8-10-19)11-13-23-22(26)24-15-18-12-14-25(16-18)20-5-3-4-6-21(20)28-2/h3-10,18H,11-16H2,1-2H3,(H2,23,24,26). The molecule has 1 aliphatic heterocycles. The van der Waals surface area contributed by atoms with Gasteiger partial charge in [0.25, 0.3) is 0 Å². The zero-order chi connectivity index (χ0) is 19.8. The number of methoxy groups -OCH3 is 2. The average molecular weight is 383 g/mol. The molecular formula is C22H29N3O3. The topological polar surface area (TPSA) is 62.8 Å². The lowest BCUT2D eigenvalue weighted by atomic mass is 10.1. The number of hydrogen-bond donors (Lipinski definition) is 2. The van der Waals surface area contributed by atoms with Crippen LogP contribution in [-0.2, 0) is 6.42 Å². The third-order valence-corrected chi connectivity index (χ3v) is 5.12. The molecular weight excluding hydrogens is 354 g/mol. The van der Waals surface area contributed by atoms with Crippen molar-refractivity contribution in [3.63, 3.8) is 0 Å². The minimum Gasteiger partial charge on any atom is -0.497 e. The van der Waals surface area contributed by atoms with E-state index in [-0.39, 0.29) is 6.03 Å². The molecule has 0 saturated carbocycles. The van der Waals surface area contributed by atoms with Crippen molar-refractivity contribution >= 4 is 11.7 Å². The van der Waals surface area contributed by atoms with Crippen LogP contribution < -0.4 is 25.0 Å². The number of benzene rings is 2. The molecule has 6 nitrogen and oxygen atoms in total. The highest BCUT2D eigenvalue weighted by Crippen LogP contribution is 2.31. The van der Waals surface area contributed by atoms with Crippen molar-refractivity contribution in [2.45, 2.75) is 12.8 Å². The molecule has 1 saturated heterocycles. The van der Waals surface area contributed by atoms with E-state index in [0.717, 1.165) is 43.1 Å². The second-order valence-electron chi connectivity index (χ2n) is 7.01. The maximum Gasteiger partial charge on any atom is 0.314 e. The first-order valence-corrected chi connectivity index (χ1v) is 9.72. The van der Waals surface area contributed by atoms with E-state index in [1.54, 1.807) is 14.2 Å². The molecule has 2 N–H and O–H groups in total. The maximum atomic E-state index is 12.1. The third kappa shape index (κ3) is 5.31. The smallest absolute Gasteiger partial charge is 0.314 e. The summed E-state index contributed by atoms with van der Waals surface area (Å²) < 4.78 is 10.6. The molecule has 150 valence electrons. The number of ether oxygens (including phenoxy) is 2. The molecule has 0 bridgehead atoms. The summed E-state index contributed by atoms with van der Waals surface area (Å²) in [5.74, 6) is 2.18. The zero-order valence-corrected chi connectivity index (χ0v) is 16.6. The van der Waals surface area contributed by atoms with Crippen molar-refractivity contribution in [2.24, 2.45) is 5.92 Å². The summed E-state index contributed by atoms with van der Waals surface area (Å²) in [5.41, 5.74) is 2.29. The highest BCUT2D eigenvalue weighted by atomic mass is 16.5. The summed E-state index contributed by atoms with van der Waals surface area (Å²) in [6.07, 6.45) is 1.85. The van der Waals surface area contributed by atoms with Gasteiger partial charge in [-0.1, -0.05) is 24.3 Å². The first-order chi connectivity index (χ1) is 13.7. The van der Waals surface area contributed by atoms with Crippen molar-refractivity contribution in [3.05, 3.63) is 54.1 Å². The van der Waals surface area contributed by atoms with Crippen molar-refractivity contribution < 1.29 is 14.3 Å². The molecule has 6 heteroatoms. The molecule has 3 rings (SSSR count). The number of para-hydroxylation sites is 2. The van der Waals surface area contributed by atoms with Crippen LogP contribution in [0.1, 0.15) is 12.0 Å². The Bertz CT molecular complexity index is 764. The van der Waals surface area contributed by atoms with Crippen molar-refractivity contribution in [1.29, 1.82) is 0 Å². The number of rotatable bonds is 8. The quantitative estimate of drug-likeness (QED) is 0.735. The van der Waals surface area contributed by atoms with E-state index < -0.39 is 0 Å². The molecule has 1 heterocycles. The van der Waals surface area contributed by atoms with Gasteiger partial charge in [-0.3, -0.25) is 0 Å². The van der Waals surface area contributed by atoms with E-state index in [4.69, 9.17) is 9.47 Å². The van der Waals surface area contributed by atoms with E-state index in [0.29, 0.717) is 19.0 Å². The van der Waals surface area contributed by atoms with Crippen LogP contribution in [-0.4, -0.2) is 46.4 Å². The summed E-state index contributed by atoms with van der Waals surface area (Å²) in [5, 5.41) is 5.93. The molecule has 1 atom stereocenters. The first kappa shape index (κ1) is 19.9. The predicted octanol–water partition coefficient (Wildman–Crippen LogP) is 3.07. The normalized spacial score (nSPS) is 15.9. The molecule has 1 fully saturated rings. The summed E-state index contributed by atoms with van der Waals surface area (Å²) in [7, 11) is 3.35. The lowest BCUT2D eigenvalue weighted by Crippen LogP contribution is -2.39. The monoisotopic (exact) mass is 383 g/mol. The summed E-state index contributed by atoms with van der Waals surface area (Å²) in [4.78, 5) is 14.4. The molecule has 2 amide bonds. The number of urea groups is 1. The van der Waals surface area contributed by atoms with Crippen LogP contribution in [0.4, 0.5) is 10.5 Å². The largest absolute Gasteiger partial charge is 0.497 e. The Morgan fingerprint density at radius 2 is 1.86 bits per heavy atom. The van der Waals surface area contributed by atoms with Gasteiger partial charge in [-0.15, -0.1) is 0 Å². The van der Waals surface area contributed by atoms with E-state index in [1.807, 2.05) is 42.5 Å². The molecule has 0 aliphatic carbocycles. The fourth-order valence-electron chi connectivity index (χ4n) is 3.52. The molecule has 0 spiro atoms. The molecule has 0 radical (unpaired) electrons. The molecule has 1 aliphatic rings. The number of nitrogens with one attached hydrogen (secondary N) is 2. The fraction of sp³-hybridized carbons (Fsp3) is 0.409. The van der Waals surface area contributed by atoms with Crippen molar-refractivity contribution in [1.82, 2.24) is 10.6 Å². The Morgan fingerprint density at radius 3 is 2.61 bits per heavy atom. The van der Waals surface area contributed by atoms with Crippen LogP contribution in [0.5, 0.6) is 11.5 Å². The number of amides is 2. The molecule has 2 aromatic carbocycles. The van der Waals surface area contributed by atoms with Gasteiger partial charge < -0.3 is 25.0 Å². The van der Waals surface area contributed by atoms with E-state index in [2.05, 4.69) is 21.6 Å². The lowest BCUT2D eigenvalue weighted by Gasteiger charge is -2.21. The summed E-state index contributed by atoms with van der Waals surface area (Å²) >= 11 is 0. The molecule has 0 aromatic heterocycles. The number of nitrogens with zero attached hydrogens (tertiary/aromatic N) is 1. The van der Waals surface area contributed by atoms with Gasteiger partial charge in [0.05, 0.1) is 19.9 Å². The minimum atomic E-state index is -0.107. The lowest BCUT2D eigenvalue weighted by molar-refractivity contribution is 0.239. The van der Waals surface area contributed by atoms with E-state index in [9.17, 15) is 4.79 Å². The average Bonchev–Trinajstić information content (AvgIpc) is 3.21. The number of hydrogen-bond acceptors (Lipinski definition) is 4. The van der Waals surface area contributed by atoms with Crippen LogP contribution in [0.15, 0.2) is 48.5 Å². The SMILES string of the molecule is COc1ccc(CCNC(=O)NCC2CCN(c3ccccc3OC)C2)cc1. The maximum absolute atomic E-state index is 12.1. The van der Waals surface area contributed by atoms with Crippen molar-refractivity contribution in [2.75, 3.05) is 45.3 Å². The van der Waals surface area contributed by atoms with E-state index in [1.165, 1.54) is 5.56 Å². The number of carbonyl (C=O) groups excluding carboxylic acids is 1. The van der Waals surface area contributed by atoms with Gasteiger partial charge in [-0.05, 0) is 48.6 Å². The van der Waals surface area contributed by atoms with Gasteiger partial charge in [-0.2, -0.15) is 0 Å². The first-order valence-electron chi connectivity index (χ1n) is 9.72. The predicted molar refractivity (Wildman–Crippen MR) is 111 cm³/mol. The summed E-state index contributed by atoms with van der Waals surface area (Å²) in [6.45, 7) is 3.19. The Morgan fingerprint density at radius 1 is 1.07 bits per heavy atom. The van der Waals surface area contributed by atoms with E-state index >= 15 is 0 Å². The van der Waals surface area contributed by atoms with Gasteiger partial charge >= 0.3 is 6.03 Å². The summed E-state index contributed by atoms with van der Waals surface area (Å²) in [6, 6.07) is 15.9. The van der Waals surface area contributed by atoms with Crippen LogP contribution in [0.25, 0.3) is 0 Å². The molecule has 1 unspecified atom stereocenters. The second-order valence-corrected chi connectivity index (χ2v) is 7.01. The second kappa shape index (κ2) is 9.88. The zero-order valence-electron chi connectivity index (χ0n) is 16.6. The fourth-order valence-corrected chi connectivity index (χ4v) is 3.52. The Labute approximate surface area is 166 Å². The number of anilines is 1. The van der Waals surface area contributed by atoms with Gasteiger partial charge in [-0.25, -0.2) is 4.79 Å². The van der Waals surface area contributed by atoms with Gasteiger partial charge in [0.1, 0.15) is 11.5 Å². The number of carbonyl (C=O) groups is 1. The van der Waals surface area contributed by atoms with Crippen LogP contribution in [0.3, 0.4) is 0 Å². The van der Waals surface area contributed by atoms with Gasteiger partial charge in [0.2, 0.25) is 0 Å². The van der Waals surface area contributed by atoms with Crippen LogP contribution in [0.2, 0.25) is 0 Å². The molecule has 2 aromatic rings. The molecule has 28 heavy (non-hydrogen) atoms. The van der Waals surface area contributed by atoms with Crippen LogP contribution >= 0.6 is 0 Å².